The van der Waals surface area contributed by atoms with Crippen LogP contribution < -0.4 is 20.1 Å². The van der Waals surface area contributed by atoms with E-state index < -0.39 is 0 Å². The third-order valence-corrected chi connectivity index (χ3v) is 5.54. The second-order valence-corrected chi connectivity index (χ2v) is 7.51. The molecule has 3 heterocycles. The van der Waals surface area contributed by atoms with Gasteiger partial charge in [-0.2, -0.15) is 0 Å². The minimum Gasteiger partial charge on any atom is -0.486 e. The molecule has 0 aliphatic carbocycles. The van der Waals surface area contributed by atoms with E-state index in [0.29, 0.717) is 49.3 Å². The normalized spacial score (nSPS) is 23.6. The monoisotopic (exact) mass is 409 g/mol. The molecule has 3 aliphatic rings. The lowest BCUT2D eigenvalue weighted by Gasteiger charge is -2.33. The highest BCUT2D eigenvalue weighted by Gasteiger charge is 2.27. The number of carbonyl (C=O) groups is 2. The van der Waals surface area contributed by atoms with Crippen molar-refractivity contribution >= 4 is 24.2 Å². The van der Waals surface area contributed by atoms with Gasteiger partial charge in [0.2, 0.25) is 5.91 Å². The summed E-state index contributed by atoms with van der Waals surface area (Å²) in [5, 5.41) is 6.28. The minimum atomic E-state index is -0.0518. The van der Waals surface area contributed by atoms with Crippen molar-refractivity contribution in [2.75, 3.05) is 39.4 Å². The van der Waals surface area contributed by atoms with Gasteiger partial charge in [0, 0.05) is 25.2 Å². The summed E-state index contributed by atoms with van der Waals surface area (Å²) in [5.74, 6) is 1.73. The molecule has 8 heteroatoms. The fourth-order valence-corrected chi connectivity index (χ4v) is 4.05. The molecule has 0 aromatic heterocycles. The van der Waals surface area contributed by atoms with Crippen molar-refractivity contribution in [3.05, 3.63) is 23.8 Å². The zero-order chi connectivity index (χ0) is 18.6. The first-order chi connectivity index (χ1) is 13.2. The quantitative estimate of drug-likeness (QED) is 0.789. The van der Waals surface area contributed by atoms with E-state index in [1.54, 1.807) is 18.2 Å². The summed E-state index contributed by atoms with van der Waals surface area (Å²) in [7, 11) is 0. The number of benzene rings is 1. The van der Waals surface area contributed by atoms with Gasteiger partial charge in [0.15, 0.2) is 11.5 Å². The van der Waals surface area contributed by atoms with E-state index in [0.717, 1.165) is 38.8 Å². The van der Waals surface area contributed by atoms with Crippen LogP contribution in [0.3, 0.4) is 0 Å². The number of fused-ring (bicyclic) bond motifs is 1. The third kappa shape index (κ3) is 4.70. The summed E-state index contributed by atoms with van der Waals surface area (Å²) in [6.07, 6.45) is 3.95. The molecule has 2 N–H and O–H groups in total. The number of hydrogen-bond acceptors (Lipinski definition) is 5. The van der Waals surface area contributed by atoms with E-state index in [1.807, 2.05) is 4.90 Å². The van der Waals surface area contributed by atoms with Crippen molar-refractivity contribution < 1.29 is 19.1 Å². The lowest BCUT2D eigenvalue weighted by molar-refractivity contribution is -0.123. The maximum absolute atomic E-state index is 12.9. The molecule has 1 aromatic carbocycles. The maximum atomic E-state index is 12.9. The second-order valence-electron chi connectivity index (χ2n) is 7.51. The van der Waals surface area contributed by atoms with Gasteiger partial charge in [-0.15, -0.1) is 12.4 Å². The number of carbonyl (C=O) groups excluding carboxylic acids is 2. The number of amides is 2. The fraction of sp³-hybridized carbons (Fsp3) is 0.600. The first-order valence-electron chi connectivity index (χ1n) is 9.91. The largest absolute Gasteiger partial charge is 0.486 e. The molecule has 4 rings (SSSR count). The number of halogens is 1. The summed E-state index contributed by atoms with van der Waals surface area (Å²) >= 11 is 0. The van der Waals surface area contributed by atoms with Crippen LogP contribution in [0.4, 0.5) is 0 Å². The SMILES string of the molecule is Cl.O=C(NCC1CCCN(C(=O)c2ccc3c(c2)OCCO3)C1)C1CCCN1. The van der Waals surface area contributed by atoms with Gasteiger partial charge in [-0.05, 0) is 56.3 Å². The van der Waals surface area contributed by atoms with Gasteiger partial charge >= 0.3 is 0 Å². The average Bonchev–Trinajstić information content (AvgIpc) is 3.26. The Kier molecular flexibility index (Phi) is 7.02. The number of piperidine rings is 1. The summed E-state index contributed by atoms with van der Waals surface area (Å²) < 4.78 is 11.1. The molecule has 3 aliphatic heterocycles. The third-order valence-electron chi connectivity index (χ3n) is 5.54. The molecule has 7 nitrogen and oxygen atoms in total. The Balaban J connectivity index is 0.00000225. The Morgan fingerprint density at radius 2 is 1.96 bits per heavy atom. The average molecular weight is 410 g/mol. The molecule has 0 radical (unpaired) electrons. The summed E-state index contributed by atoms with van der Waals surface area (Å²) in [6, 6.07) is 5.32. The molecule has 0 saturated carbocycles. The van der Waals surface area contributed by atoms with Crippen LogP contribution >= 0.6 is 12.4 Å². The van der Waals surface area contributed by atoms with Crippen LogP contribution in [0.25, 0.3) is 0 Å². The van der Waals surface area contributed by atoms with E-state index in [4.69, 9.17) is 9.47 Å². The van der Waals surface area contributed by atoms with Gasteiger partial charge in [-0.25, -0.2) is 0 Å². The Morgan fingerprint density at radius 1 is 1.14 bits per heavy atom. The highest BCUT2D eigenvalue weighted by Crippen LogP contribution is 2.31. The van der Waals surface area contributed by atoms with E-state index in [9.17, 15) is 9.59 Å². The lowest BCUT2D eigenvalue weighted by atomic mass is 9.97. The molecular weight excluding hydrogens is 382 g/mol. The second kappa shape index (κ2) is 9.47. The van der Waals surface area contributed by atoms with E-state index in [1.165, 1.54) is 0 Å². The zero-order valence-corrected chi connectivity index (χ0v) is 16.8. The predicted molar refractivity (Wildman–Crippen MR) is 107 cm³/mol. The first kappa shape index (κ1) is 20.7. The summed E-state index contributed by atoms with van der Waals surface area (Å²) in [6.45, 7) is 4.01. The van der Waals surface area contributed by atoms with Crippen LogP contribution in [0.5, 0.6) is 11.5 Å². The van der Waals surface area contributed by atoms with Gasteiger partial charge in [-0.3, -0.25) is 9.59 Å². The standard InChI is InChI=1S/C20H27N3O4.ClH/c24-19(16-4-1-7-21-16)22-12-14-3-2-8-23(13-14)20(25)15-5-6-17-18(11-15)27-10-9-26-17;/h5-6,11,14,16,21H,1-4,7-10,12-13H2,(H,22,24);1H. The maximum Gasteiger partial charge on any atom is 0.254 e. The number of hydrogen-bond donors (Lipinski definition) is 2. The van der Waals surface area contributed by atoms with Crippen molar-refractivity contribution in [1.82, 2.24) is 15.5 Å². The highest BCUT2D eigenvalue weighted by atomic mass is 35.5. The smallest absolute Gasteiger partial charge is 0.254 e. The first-order valence-corrected chi connectivity index (χ1v) is 9.91. The van der Waals surface area contributed by atoms with Crippen molar-refractivity contribution in [3.63, 3.8) is 0 Å². The van der Waals surface area contributed by atoms with Gasteiger partial charge in [0.25, 0.3) is 5.91 Å². The Morgan fingerprint density at radius 3 is 2.75 bits per heavy atom. The Labute approximate surface area is 171 Å². The number of nitrogens with one attached hydrogen (secondary N) is 2. The molecule has 2 fully saturated rings. The summed E-state index contributed by atoms with van der Waals surface area (Å²) in [4.78, 5) is 27.0. The predicted octanol–water partition coefficient (Wildman–Crippen LogP) is 1.60. The molecule has 0 spiro atoms. The van der Waals surface area contributed by atoms with E-state index in [-0.39, 0.29) is 30.3 Å². The Hall–Kier alpha value is -1.99. The molecule has 2 saturated heterocycles. The van der Waals surface area contributed by atoms with Crippen LogP contribution in [0.15, 0.2) is 18.2 Å². The number of ether oxygens (including phenoxy) is 2. The number of likely N-dealkylation sites (tertiary alicyclic amines) is 1. The van der Waals surface area contributed by atoms with Crippen LogP contribution in [-0.2, 0) is 4.79 Å². The van der Waals surface area contributed by atoms with Crippen molar-refractivity contribution in [3.8, 4) is 11.5 Å². The highest BCUT2D eigenvalue weighted by molar-refractivity contribution is 5.95. The molecular formula is C20H28ClN3O4. The van der Waals surface area contributed by atoms with Crippen molar-refractivity contribution in [1.29, 1.82) is 0 Å². The number of rotatable bonds is 4. The minimum absolute atomic E-state index is 0. The van der Waals surface area contributed by atoms with Gasteiger partial charge in [0.05, 0.1) is 6.04 Å². The topological polar surface area (TPSA) is 79.9 Å². The Bertz CT molecular complexity index is 709. The zero-order valence-electron chi connectivity index (χ0n) is 15.9. The van der Waals surface area contributed by atoms with Gasteiger partial charge in [-0.1, -0.05) is 0 Å². The van der Waals surface area contributed by atoms with Crippen molar-refractivity contribution in [2.45, 2.75) is 31.7 Å². The van der Waals surface area contributed by atoms with Crippen LogP contribution in [0.1, 0.15) is 36.0 Å². The fourth-order valence-electron chi connectivity index (χ4n) is 4.05. The van der Waals surface area contributed by atoms with Crippen LogP contribution in [-0.4, -0.2) is 62.1 Å². The van der Waals surface area contributed by atoms with E-state index >= 15 is 0 Å². The van der Waals surface area contributed by atoms with Gasteiger partial charge < -0.3 is 25.0 Å². The molecule has 1 aromatic rings. The number of nitrogens with zero attached hydrogens (tertiary/aromatic N) is 1. The molecule has 28 heavy (non-hydrogen) atoms. The molecule has 2 amide bonds. The molecule has 154 valence electrons. The van der Waals surface area contributed by atoms with Gasteiger partial charge in [0.1, 0.15) is 13.2 Å². The lowest BCUT2D eigenvalue weighted by Crippen LogP contribution is -2.46. The molecule has 2 atom stereocenters. The molecule has 0 bridgehead atoms. The van der Waals surface area contributed by atoms with Crippen LogP contribution in [0, 0.1) is 5.92 Å². The molecule has 2 unspecified atom stereocenters. The van der Waals surface area contributed by atoms with Crippen LogP contribution in [0.2, 0.25) is 0 Å². The van der Waals surface area contributed by atoms with E-state index in [2.05, 4.69) is 10.6 Å². The van der Waals surface area contributed by atoms with Crippen molar-refractivity contribution in [2.24, 2.45) is 5.92 Å². The summed E-state index contributed by atoms with van der Waals surface area (Å²) in [5.41, 5.74) is 0.624.